The van der Waals surface area contributed by atoms with Crippen LogP contribution >= 0.6 is 0 Å². The van der Waals surface area contributed by atoms with Gasteiger partial charge in [-0.25, -0.2) is 4.98 Å². The van der Waals surface area contributed by atoms with Crippen LogP contribution in [0.5, 0.6) is 0 Å². The Morgan fingerprint density at radius 3 is 3.00 bits per heavy atom. The Hall–Kier alpha value is -1.81. The minimum atomic E-state index is 0.584. The van der Waals surface area contributed by atoms with E-state index in [1.807, 2.05) is 0 Å². The van der Waals surface area contributed by atoms with Crippen LogP contribution in [0.4, 0.5) is 5.69 Å². The maximum Gasteiger partial charge on any atom is 0.181 e. The van der Waals surface area contributed by atoms with Crippen molar-refractivity contribution < 1.29 is 4.42 Å². The highest BCUT2D eigenvalue weighted by molar-refractivity contribution is 5.63. The molecular formula is C18H23N3O. The predicted octanol–water partition coefficient (Wildman–Crippen LogP) is 3.67. The predicted molar refractivity (Wildman–Crippen MR) is 87.7 cm³/mol. The molecule has 0 bridgehead atoms. The molecule has 2 aliphatic rings. The fraction of sp³-hybridized carbons (Fsp3) is 0.500. The summed E-state index contributed by atoms with van der Waals surface area (Å²) in [7, 11) is 0. The summed E-state index contributed by atoms with van der Waals surface area (Å²) in [5.74, 6) is 1.58. The topological polar surface area (TPSA) is 50.1 Å². The third-order valence-corrected chi connectivity index (χ3v) is 5.12. The molecule has 1 aromatic carbocycles. The van der Waals surface area contributed by atoms with Gasteiger partial charge in [0.05, 0.1) is 6.20 Å². The summed E-state index contributed by atoms with van der Waals surface area (Å²) >= 11 is 0. The van der Waals surface area contributed by atoms with Crippen molar-refractivity contribution >= 4 is 5.69 Å². The van der Waals surface area contributed by atoms with Gasteiger partial charge in [0, 0.05) is 23.3 Å². The van der Waals surface area contributed by atoms with E-state index in [0.717, 1.165) is 17.2 Å². The summed E-state index contributed by atoms with van der Waals surface area (Å²) in [6.45, 7) is 1.19. The average Bonchev–Trinajstić information content (AvgIpc) is 3.29. The first kappa shape index (κ1) is 13.8. The van der Waals surface area contributed by atoms with Crippen LogP contribution in [0, 0.1) is 5.92 Å². The molecule has 116 valence electrons. The Bertz CT molecular complexity index is 605. The van der Waals surface area contributed by atoms with Crippen LogP contribution in [0.3, 0.4) is 0 Å². The number of aromatic nitrogens is 1. The van der Waals surface area contributed by atoms with E-state index in [9.17, 15) is 0 Å². The van der Waals surface area contributed by atoms with E-state index >= 15 is 0 Å². The number of oxazole rings is 1. The van der Waals surface area contributed by atoms with Crippen LogP contribution < -0.4 is 10.6 Å². The molecular weight excluding hydrogens is 274 g/mol. The SMILES string of the molecule is c1cc(NC2CCCC2C2CCCN2)cc(-c2cnco2)c1. The number of hydrogen-bond donors (Lipinski definition) is 2. The van der Waals surface area contributed by atoms with Crippen molar-refractivity contribution in [3.63, 3.8) is 0 Å². The normalized spacial score (nSPS) is 28.1. The molecule has 1 aliphatic carbocycles. The second-order valence-corrected chi connectivity index (χ2v) is 6.49. The second-order valence-electron chi connectivity index (χ2n) is 6.49. The lowest BCUT2D eigenvalue weighted by molar-refractivity contribution is 0.376. The molecule has 1 saturated heterocycles. The molecule has 1 aliphatic heterocycles. The second kappa shape index (κ2) is 6.13. The standard InChI is InChI=1S/C18H23N3O/c1-4-13(18-11-19-12-22-18)10-14(5-1)21-17-7-2-6-15(17)16-8-3-9-20-16/h1,4-5,10-12,15-17,20-21H,2-3,6-9H2. The lowest BCUT2D eigenvalue weighted by atomic mass is 9.93. The van der Waals surface area contributed by atoms with Gasteiger partial charge >= 0.3 is 0 Å². The Morgan fingerprint density at radius 2 is 2.18 bits per heavy atom. The van der Waals surface area contributed by atoms with E-state index in [-0.39, 0.29) is 0 Å². The lowest BCUT2D eigenvalue weighted by Crippen LogP contribution is -2.38. The minimum absolute atomic E-state index is 0.584. The van der Waals surface area contributed by atoms with E-state index in [0.29, 0.717) is 12.1 Å². The van der Waals surface area contributed by atoms with Gasteiger partial charge < -0.3 is 15.1 Å². The van der Waals surface area contributed by atoms with Crippen molar-refractivity contribution in [2.45, 2.75) is 44.2 Å². The fourth-order valence-corrected chi connectivity index (χ4v) is 4.06. The van der Waals surface area contributed by atoms with Crippen LogP contribution in [0.15, 0.2) is 41.3 Å². The monoisotopic (exact) mass is 297 g/mol. The molecule has 0 radical (unpaired) electrons. The molecule has 4 rings (SSSR count). The molecule has 3 unspecified atom stereocenters. The molecule has 2 fully saturated rings. The van der Waals surface area contributed by atoms with E-state index < -0.39 is 0 Å². The molecule has 2 heterocycles. The Morgan fingerprint density at radius 1 is 1.18 bits per heavy atom. The molecule has 22 heavy (non-hydrogen) atoms. The summed E-state index contributed by atoms with van der Waals surface area (Å²) in [5.41, 5.74) is 2.26. The first-order valence-corrected chi connectivity index (χ1v) is 8.39. The maximum absolute atomic E-state index is 5.40. The Kier molecular flexibility index (Phi) is 3.85. The third kappa shape index (κ3) is 2.75. The van der Waals surface area contributed by atoms with Crippen molar-refractivity contribution in [2.75, 3.05) is 11.9 Å². The van der Waals surface area contributed by atoms with E-state index in [1.165, 1.54) is 50.7 Å². The van der Waals surface area contributed by atoms with Crippen molar-refractivity contribution in [3.05, 3.63) is 36.9 Å². The number of nitrogens with one attached hydrogen (secondary N) is 2. The zero-order valence-electron chi connectivity index (χ0n) is 12.8. The highest BCUT2D eigenvalue weighted by Crippen LogP contribution is 2.34. The first-order valence-electron chi connectivity index (χ1n) is 8.39. The van der Waals surface area contributed by atoms with Gasteiger partial charge in [-0.15, -0.1) is 0 Å². The maximum atomic E-state index is 5.40. The van der Waals surface area contributed by atoms with Gasteiger partial charge in [-0.2, -0.15) is 0 Å². The van der Waals surface area contributed by atoms with E-state index in [2.05, 4.69) is 39.9 Å². The van der Waals surface area contributed by atoms with Crippen molar-refractivity contribution in [1.82, 2.24) is 10.3 Å². The zero-order chi connectivity index (χ0) is 14.8. The van der Waals surface area contributed by atoms with Gasteiger partial charge in [0.25, 0.3) is 0 Å². The van der Waals surface area contributed by atoms with Crippen LogP contribution in [-0.2, 0) is 0 Å². The highest BCUT2D eigenvalue weighted by Gasteiger charge is 2.34. The molecule has 3 atom stereocenters. The number of anilines is 1. The largest absolute Gasteiger partial charge is 0.444 e. The number of rotatable bonds is 4. The number of hydrogen-bond acceptors (Lipinski definition) is 4. The van der Waals surface area contributed by atoms with Crippen LogP contribution in [0.25, 0.3) is 11.3 Å². The Balaban J connectivity index is 1.49. The van der Waals surface area contributed by atoms with Gasteiger partial charge in [-0.05, 0) is 50.3 Å². The van der Waals surface area contributed by atoms with Crippen LogP contribution in [0.1, 0.15) is 32.1 Å². The summed E-state index contributed by atoms with van der Waals surface area (Å²) < 4.78 is 5.40. The van der Waals surface area contributed by atoms with E-state index in [1.54, 1.807) is 6.20 Å². The number of nitrogens with zero attached hydrogens (tertiary/aromatic N) is 1. The first-order chi connectivity index (χ1) is 10.9. The molecule has 0 spiro atoms. The van der Waals surface area contributed by atoms with Gasteiger partial charge in [0.2, 0.25) is 0 Å². The quantitative estimate of drug-likeness (QED) is 0.904. The highest BCUT2D eigenvalue weighted by atomic mass is 16.3. The molecule has 4 nitrogen and oxygen atoms in total. The van der Waals surface area contributed by atoms with Crippen molar-refractivity contribution in [2.24, 2.45) is 5.92 Å². The van der Waals surface area contributed by atoms with Crippen LogP contribution in [-0.4, -0.2) is 23.6 Å². The lowest BCUT2D eigenvalue weighted by Gasteiger charge is -2.27. The summed E-state index contributed by atoms with van der Waals surface area (Å²) in [6.07, 6.45) is 9.86. The van der Waals surface area contributed by atoms with Gasteiger partial charge in [-0.3, -0.25) is 0 Å². The van der Waals surface area contributed by atoms with E-state index in [4.69, 9.17) is 4.42 Å². The molecule has 1 saturated carbocycles. The summed E-state index contributed by atoms with van der Waals surface area (Å²) in [4.78, 5) is 4.00. The molecule has 2 N–H and O–H groups in total. The zero-order valence-corrected chi connectivity index (χ0v) is 12.8. The van der Waals surface area contributed by atoms with Crippen molar-refractivity contribution in [1.29, 1.82) is 0 Å². The molecule has 2 aromatic rings. The molecule has 0 amide bonds. The van der Waals surface area contributed by atoms with Gasteiger partial charge in [-0.1, -0.05) is 18.6 Å². The molecule has 1 aromatic heterocycles. The fourth-order valence-electron chi connectivity index (χ4n) is 4.06. The van der Waals surface area contributed by atoms with Crippen molar-refractivity contribution in [3.8, 4) is 11.3 Å². The summed E-state index contributed by atoms with van der Waals surface area (Å²) in [6, 6.07) is 9.75. The van der Waals surface area contributed by atoms with Gasteiger partial charge in [0.1, 0.15) is 0 Å². The smallest absolute Gasteiger partial charge is 0.181 e. The minimum Gasteiger partial charge on any atom is -0.444 e. The van der Waals surface area contributed by atoms with Gasteiger partial charge in [0.15, 0.2) is 12.2 Å². The third-order valence-electron chi connectivity index (χ3n) is 5.12. The van der Waals surface area contributed by atoms with Crippen LogP contribution in [0.2, 0.25) is 0 Å². The Labute approximate surface area is 131 Å². The summed E-state index contributed by atoms with van der Waals surface area (Å²) in [5, 5.41) is 7.45. The number of benzene rings is 1. The average molecular weight is 297 g/mol. The molecule has 4 heteroatoms.